The van der Waals surface area contributed by atoms with Crippen molar-refractivity contribution in [2.24, 2.45) is 0 Å². The highest BCUT2D eigenvalue weighted by atomic mass is 32.2. The summed E-state index contributed by atoms with van der Waals surface area (Å²) >= 11 is 1.59. The van der Waals surface area contributed by atoms with Crippen LogP contribution in [0.1, 0.15) is 23.6 Å². The highest BCUT2D eigenvalue weighted by molar-refractivity contribution is 7.97. The lowest BCUT2D eigenvalue weighted by Crippen LogP contribution is -2.49. The Bertz CT molecular complexity index is 939. The number of aryl methyl sites for hydroxylation is 1. The third kappa shape index (κ3) is 5.68. The molecule has 0 aromatic heterocycles. The van der Waals surface area contributed by atoms with Gasteiger partial charge in [0.05, 0.1) is 12.0 Å². The van der Waals surface area contributed by atoms with Gasteiger partial charge >= 0.3 is 12.1 Å². The molecule has 1 N–H and O–H groups in total. The number of carboxylic acids is 1. The van der Waals surface area contributed by atoms with E-state index in [2.05, 4.69) is 25.4 Å². The van der Waals surface area contributed by atoms with Crippen LogP contribution in [0, 0.1) is 6.92 Å². The van der Waals surface area contributed by atoms with Crippen molar-refractivity contribution in [2.75, 3.05) is 24.5 Å². The summed E-state index contributed by atoms with van der Waals surface area (Å²) in [6.07, 6.45) is -4.37. The second kappa shape index (κ2) is 9.16. The Hall–Kier alpha value is -1.76. The lowest BCUT2D eigenvalue weighted by molar-refractivity contribution is -0.137. The Labute approximate surface area is 180 Å². The smallest absolute Gasteiger partial charge is 0.417 e. The molecule has 1 saturated heterocycles. The molecule has 30 heavy (non-hydrogen) atoms. The first-order valence-corrected chi connectivity index (χ1v) is 10.9. The number of benzene rings is 2. The minimum absolute atomic E-state index is 0.00922. The summed E-state index contributed by atoms with van der Waals surface area (Å²) in [4.78, 5) is 14.1. The van der Waals surface area contributed by atoms with E-state index in [1.165, 1.54) is 6.07 Å². The van der Waals surface area contributed by atoms with E-state index in [0.29, 0.717) is 6.54 Å². The van der Waals surface area contributed by atoms with Gasteiger partial charge in [-0.25, -0.2) is 4.31 Å². The minimum Gasteiger partial charge on any atom is -0.481 e. The van der Waals surface area contributed by atoms with Gasteiger partial charge in [-0.1, -0.05) is 6.07 Å². The fourth-order valence-electron chi connectivity index (χ4n) is 3.68. The predicted molar refractivity (Wildman–Crippen MR) is 118 cm³/mol. The van der Waals surface area contributed by atoms with E-state index in [0.717, 1.165) is 40.9 Å². The number of carbonyl (C=O) groups is 1. The lowest BCUT2D eigenvalue weighted by Gasteiger charge is -2.41. The molecule has 9 heteroatoms. The second-order valence-electron chi connectivity index (χ2n) is 7.52. The number of anilines is 1. The molecule has 2 atom stereocenters. The van der Waals surface area contributed by atoms with Crippen LogP contribution in [-0.2, 0) is 17.4 Å². The molecule has 162 valence electrons. The van der Waals surface area contributed by atoms with E-state index in [4.69, 9.17) is 5.11 Å². The van der Waals surface area contributed by atoms with E-state index in [-0.39, 0.29) is 17.8 Å². The van der Waals surface area contributed by atoms with Crippen LogP contribution in [0.15, 0.2) is 41.3 Å². The standard InChI is InChI=1S/C21H24F3N2O2PS/c1-13-7-15(10-20(27)28)9-17(8-13)30-25-5-6-26(14(2)12-25)16-3-4-18(19(29)11-16)21(22,23)24/h3-4,7-9,11,14H,5-6,10,12,29H2,1-2H3,(H,27,28)/t14-/m1/s1. The molecule has 1 aliphatic rings. The van der Waals surface area contributed by atoms with Gasteiger partial charge in [-0.3, -0.25) is 4.79 Å². The van der Waals surface area contributed by atoms with E-state index in [1.54, 1.807) is 18.0 Å². The van der Waals surface area contributed by atoms with Crippen LogP contribution in [0.4, 0.5) is 18.9 Å². The number of hydrogen-bond donors (Lipinski definition) is 1. The largest absolute Gasteiger partial charge is 0.481 e. The quantitative estimate of drug-likeness (QED) is 0.535. The number of halogens is 3. The topological polar surface area (TPSA) is 43.8 Å². The molecule has 1 aliphatic heterocycles. The summed E-state index contributed by atoms with van der Waals surface area (Å²) in [7, 11) is 2.19. The maximum absolute atomic E-state index is 13.0. The summed E-state index contributed by atoms with van der Waals surface area (Å²) < 4.78 is 41.3. The Morgan fingerprint density at radius 1 is 1.23 bits per heavy atom. The van der Waals surface area contributed by atoms with Gasteiger partial charge in [0.2, 0.25) is 0 Å². The maximum atomic E-state index is 13.0. The first kappa shape index (κ1) is 22.9. The zero-order valence-electron chi connectivity index (χ0n) is 16.7. The van der Waals surface area contributed by atoms with Crippen molar-refractivity contribution in [3.05, 3.63) is 53.1 Å². The molecule has 2 aromatic carbocycles. The van der Waals surface area contributed by atoms with Gasteiger partial charge in [-0.2, -0.15) is 13.2 Å². The molecule has 0 aliphatic carbocycles. The van der Waals surface area contributed by atoms with Crippen molar-refractivity contribution in [2.45, 2.75) is 37.4 Å². The Balaban J connectivity index is 1.68. The van der Waals surface area contributed by atoms with Gasteiger partial charge in [0.25, 0.3) is 0 Å². The van der Waals surface area contributed by atoms with Crippen molar-refractivity contribution in [3.63, 3.8) is 0 Å². The number of alkyl halides is 3. The Morgan fingerprint density at radius 2 is 1.97 bits per heavy atom. The zero-order chi connectivity index (χ0) is 22.1. The minimum atomic E-state index is -4.36. The number of nitrogens with zero attached hydrogens (tertiary/aromatic N) is 2. The monoisotopic (exact) mass is 456 g/mol. The van der Waals surface area contributed by atoms with E-state index in [1.807, 2.05) is 25.1 Å². The second-order valence-corrected chi connectivity index (χ2v) is 9.31. The molecular weight excluding hydrogens is 432 g/mol. The number of carboxylic acid groups (broad SMARTS) is 1. The van der Waals surface area contributed by atoms with Gasteiger partial charge in [0.1, 0.15) is 0 Å². The van der Waals surface area contributed by atoms with Gasteiger partial charge in [0, 0.05) is 36.3 Å². The molecule has 0 saturated carbocycles. The molecule has 2 aromatic rings. The third-order valence-corrected chi connectivity index (χ3v) is 6.48. The van der Waals surface area contributed by atoms with E-state index in [9.17, 15) is 18.0 Å². The Kier molecular flexibility index (Phi) is 7.00. The van der Waals surface area contributed by atoms with Crippen molar-refractivity contribution < 1.29 is 23.1 Å². The van der Waals surface area contributed by atoms with Gasteiger partial charge < -0.3 is 10.0 Å². The molecule has 1 heterocycles. The van der Waals surface area contributed by atoms with Crippen LogP contribution >= 0.6 is 21.2 Å². The van der Waals surface area contributed by atoms with E-state index < -0.39 is 17.7 Å². The number of piperazine rings is 1. The SMILES string of the molecule is Cc1cc(CC(=O)O)cc(SN2CCN(c3ccc(C(F)(F)F)c(P)c3)[C@H](C)C2)c1. The summed E-state index contributed by atoms with van der Waals surface area (Å²) in [5, 5.41) is 9.18. The number of hydrogen-bond acceptors (Lipinski definition) is 4. The number of rotatable bonds is 5. The third-order valence-electron chi connectivity index (χ3n) is 4.96. The fraction of sp³-hybridized carbons (Fsp3) is 0.381. The first-order chi connectivity index (χ1) is 14.0. The van der Waals surface area contributed by atoms with Crippen LogP contribution in [-0.4, -0.2) is 41.1 Å². The average Bonchev–Trinajstić information content (AvgIpc) is 2.59. The molecule has 1 unspecified atom stereocenters. The van der Waals surface area contributed by atoms with Crippen LogP contribution in [0.2, 0.25) is 0 Å². The first-order valence-electron chi connectivity index (χ1n) is 9.51. The molecule has 1 fully saturated rings. The average molecular weight is 456 g/mol. The van der Waals surface area contributed by atoms with Crippen molar-refractivity contribution >= 4 is 38.1 Å². The van der Waals surface area contributed by atoms with Gasteiger partial charge in [0.15, 0.2) is 0 Å². The molecular formula is C21H24F3N2O2PS. The van der Waals surface area contributed by atoms with Gasteiger partial charge in [-0.05, 0) is 72.6 Å². The van der Waals surface area contributed by atoms with Crippen LogP contribution in [0.25, 0.3) is 0 Å². The van der Waals surface area contributed by atoms with Crippen molar-refractivity contribution in [3.8, 4) is 0 Å². The molecule has 3 rings (SSSR count). The molecule has 0 spiro atoms. The summed E-state index contributed by atoms with van der Waals surface area (Å²) in [6, 6.07) is 10.2. The summed E-state index contributed by atoms with van der Waals surface area (Å²) in [5.74, 6) is -0.858. The molecule has 0 bridgehead atoms. The fourth-order valence-corrected chi connectivity index (χ4v) is 5.32. The molecule has 4 nitrogen and oxygen atoms in total. The highest BCUT2D eigenvalue weighted by Crippen LogP contribution is 2.33. The van der Waals surface area contributed by atoms with Gasteiger partial charge in [-0.15, -0.1) is 9.24 Å². The lowest BCUT2D eigenvalue weighted by atomic mass is 10.1. The highest BCUT2D eigenvalue weighted by Gasteiger charge is 2.33. The number of aliphatic carboxylic acids is 1. The van der Waals surface area contributed by atoms with Crippen LogP contribution in [0.3, 0.4) is 0 Å². The van der Waals surface area contributed by atoms with Crippen LogP contribution < -0.4 is 10.2 Å². The summed E-state index contributed by atoms with van der Waals surface area (Å²) in [6.45, 7) is 6.17. The molecule has 0 amide bonds. The van der Waals surface area contributed by atoms with Crippen molar-refractivity contribution in [1.29, 1.82) is 0 Å². The predicted octanol–water partition coefficient (Wildman–Crippen LogP) is 4.36. The normalized spacial score (nSPS) is 17.9. The zero-order valence-corrected chi connectivity index (χ0v) is 18.7. The van der Waals surface area contributed by atoms with Crippen molar-refractivity contribution in [1.82, 2.24) is 4.31 Å². The Morgan fingerprint density at radius 3 is 2.57 bits per heavy atom. The molecule has 0 radical (unpaired) electrons. The van der Waals surface area contributed by atoms with E-state index >= 15 is 0 Å². The maximum Gasteiger partial charge on any atom is 0.417 e. The summed E-state index contributed by atoms with van der Waals surface area (Å²) in [5.41, 5.74) is 1.94. The van der Waals surface area contributed by atoms with Crippen LogP contribution in [0.5, 0.6) is 0 Å².